The maximum absolute atomic E-state index is 12.3. The molecule has 1 heterocycles. The number of nitriles is 1. The lowest BCUT2D eigenvalue weighted by atomic mass is 9.97. The second-order valence-electron chi connectivity index (χ2n) is 4.51. The molecular formula is C12H15N3O2. The maximum Gasteiger partial charge on any atom is 0.260 e. The zero-order valence-electron chi connectivity index (χ0n) is 10.1. The number of hydrogen-bond acceptors (Lipinski definition) is 4. The largest absolute Gasteiger partial charge is 0.361 e. The molecule has 0 aromatic carbocycles. The molecular weight excluding hydrogens is 218 g/mol. The Morgan fingerprint density at radius 3 is 2.71 bits per heavy atom. The molecule has 1 aromatic rings. The van der Waals surface area contributed by atoms with Crippen LogP contribution in [0.2, 0.25) is 0 Å². The van der Waals surface area contributed by atoms with Crippen LogP contribution in [0.4, 0.5) is 0 Å². The monoisotopic (exact) mass is 233 g/mol. The molecule has 17 heavy (non-hydrogen) atoms. The van der Waals surface area contributed by atoms with Gasteiger partial charge in [0.05, 0.1) is 12.3 Å². The summed E-state index contributed by atoms with van der Waals surface area (Å²) in [5, 5.41) is 12.9. The first kappa shape index (κ1) is 11.6. The van der Waals surface area contributed by atoms with Crippen LogP contribution in [-0.2, 0) is 0 Å². The molecule has 0 bridgehead atoms. The molecule has 1 amide bonds. The normalized spacial score (nSPS) is 17.7. The van der Waals surface area contributed by atoms with Gasteiger partial charge in [-0.05, 0) is 32.6 Å². The van der Waals surface area contributed by atoms with E-state index in [1.807, 2.05) is 0 Å². The molecule has 90 valence electrons. The summed E-state index contributed by atoms with van der Waals surface area (Å²) in [7, 11) is 1.68. The van der Waals surface area contributed by atoms with Gasteiger partial charge in [-0.2, -0.15) is 5.26 Å². The van der Waals surface area contributed by atoms with Crippen LogP contribution in [0.3, 0.4) is 0 Å². The van der Waals surface area contributed by atoms with Crippen LogP contribution in [0.5, 0.6) is 0 Å². The Kier molecular flexibility index (Phi) is 2.88. The highest BCUT2D eigenvalue weighted by Gasteiger charge is 2.41. The van der Waals surface area contributed by atoms with E-state index in [9.17, 15) is 10.1 Å². The number of aromatic nitrogens is 1. The van der Waals surface area contributed by atoms with Gasteiger partial charge in [-0.15, -0.1) is 0 Å². The lowest BCUT2D eigenvalue weighted by molar-refractivity contribution is 0.0661. The van der Waals surface area contributed by atoms with E-state index in [1.54, 1.807) is 18.9 Å². The van der Waals surface area contributed by atoms with Gasteiger partial charge in [-0.3, -0.25) is 4.79 Å². The minimum Gasteiger partial charge on any atom is -0.361 e. The van der Waals surface area contributed by atoms with Crippen molar-refractivity contribution in [2.45, 2.75) is 38.1 Å². The van der Waals surface area contributed by atoms with Crippen LogP contribution in [0.25, 0.3) is 0 Å². The summed E-state index contributed by atoms with van der Waals surface area (Å²) in [5.74, 6) is 0.306. The van der Waals surface area contributed by atoms with Gasteiger partial charge in [0.25, 0.3) is 5.91 Å². The van der Waals surface area contributed by atoms with Crippen LogP contribution in [-0.4, -0.2) is 28.6 Å². The molecule has 1 aliphatic carbocycles. The average Bonchev–Trinajstić information content (AvgIpc) is 2.96. The van der Waals surface area contributed by atoms with Crippen molar-refractivity contribution in [3.63, 3.8) is 0 Å². The van der Waals surface area contributed by atoms with Crippen molar-refractivity contribution in [3.8, 4) is 6.07 Å². The SMILES string of the molecule is Cc1oncc1C(=O)N(C)C1(C#N)CCCC1. The Morgan fingerprint density at radius 2 is 2.24 bits per heavy atom. The standard InChI is InChI=1S/C12H15N3O2/c1-9-10(7-14-17-9)11(16)15(2)12(8-13)5-3-4-6-12/h7H,3-6H2,1-2H3. The Balaban J connectivity index is 2.26. The Morgan fingerprint density at radius 1 is 1.59 bits per heavy atom. The molecule has 5 heteroatoms. The molecule has 1 saturated carbocycles. The molecule has 0 unspecified atom stereocenters. The van der Waals surface area contributed by atoms with Gasteiger partial charge < -0.3 is 9.42 Å². The average molecular weight is 233 g/mol. The van der Waals surface area contributed by atoms with E-state index in [0.29, 0.717) is 11.3 Å². The first-order valence-electron chi connectivity index (χ1n) is 5.71. The highest BCUT2D eigenvalue weighted by Crippen LogP contribution is 2.34. The molecule has 0 spiro atoms. The topological polar surface area (TPSA) is 70.1 Å². The molecule has 1 fully saturated rings. The highest BCUT2D eigenvalue weighted by atomic mass is 16.5. The van der Waals surface area contributed by atoms with Crippen molar-refractivity contribution in [1.29, 1.82) is 5.26 Å². The van der Waals surface area contributed by atoms with Gasteiger partial charge >= 0.3 is 0 Å². The lowest BCUT2D eigenvalue weighted by Crippen LogP contribution is -2.46. The Bertz CT molecular complexity index is 466. The van der Waals surface area contributed by atoms with Crippen molar-refractivity contribution in [2.75, 3.05) is 7.05 Å². The van der Waals surface area contributed by atoms with Crippen molar-refractivity contribution >= 4 is 5.91 Å². The van der Waals surface area contributed by atoms with Crippen molar-refractivity contribution in [2.24, 2.45) is 0 Å². The fourth-order valence-corrected chi connectivity index (χ4v) is 2.36. The van der Waals surface area contributed by atoms with Crippen LogP contribution >= 0.6 is 0 Å². The zero-order valence-corrected chi connectivity index (χ0v) is 10.1. The first-order valence-corrected chi connectivity index (χ1v) is 5.71. The summed E-state index contributed by atoms with van der Waals surface area (Å²) < 4.78 is 4.88. The van der Waals surface area contributed by atoms with E-state index in [4.69, 9.17) is 4.52 Å². The molecule has 0 radical (unpaired) electrons. The Hall–Kier alpha value is -1.83. The van der Waals surface area contributed by atoms with Gasteiger partial charge in [0.2, 0.25) is 0 Å². The van der Waals surface area contributed by atoms with E-state index in [0.717, 1.165) is 25.7 Å². The van der Waals surface area contributed by atoms with Gasteiger partial charge in [0.15, 0.2) is 0 Å². The van der Waals surface area contributed by atoms with Crippen LogP contribution < -0.4 is 0 Å². The molecule has 1 aliphatic rings. The molecule has 0 aliphatic heterocycles. The number of nitrogens with zero attached hydrogens (tertiary/aromatic N) is 3. The fraction of sp³-hybridized carbons (Fsp3) is 0.583. The number of carbonyl (C=O) groups excluding carboxylic acids is 1. The second-order valence-corrected chi connectivity index (χ2v) is 4.51. The van der Waals surface area contributed by atoms with Gasteiger partial charge in [0, 0.05) is 7.05 Å². The van der Waals surface area contributed by atoms with E-state index < -0.39 is 5.54 Å². The van der Waals surface area contributed by atoms with Crippen molar-refractivity contribution < 1.29 is 9.32 Å². The number of aryl methyl sites for hydroxylation is 1. The minimum absolute atomic E-state index is 0.188. The summed E-state index contributed by atoms with van der Waals surface area (Å²) in [6.07, 6.45) is 4.89. The third-order valence-corrected chi connectivity index (χ3v) is 3.57. The summed E-state index contributed by atoms with van der Waals surface area (Å²) in [6.45, 7) is 1.70. The first-order chi connectivity index (χ1) is 8.10. The summed E-state index contributed by atoms with van der Waals surface area (Å²) in [6, 6.07) is 2.29. The molecule has 0 atom stereocenters. The quantitative estimate of drug-likeness (QED) is 0.782. The third-order valence-electron chi connectivity index (χ3n) is 3.57. The van der Waals surface area contributed by atoms with E-state index in [2.05, 4.69) is 11.2 Å². The molecule has 1 aromatic heterocycles. The van der Waals surface area contributed by atoms with E-state index in [-0.39, 0.29) is 5.91 Å². The van der Waals surface area contributed by atoms with Crippen molar-refractivity contribution in [1.82, 2.24) is 10.1 Å². The highest BCUT2D eigenvalue weighted by molar-refractivity contribution is 5.95. The molecule has 2 rings (SSSR count). The summed E-state index contributed by atoms with van der Waals surface area (Å²) in [4.78, 5) is 13.8. The number of rotatable bonds is 2. The van der Waals surface area contributed by atoms with E-state index in [1.165, 1.54) is 6.20 Å². The zero-order chi connectivity index (χ0) is 12.5. The lowest BCUT2D eigenvalue weighted by Gasteiger charge is -2.32. The number of hydrogen-bond donors (Lipinski definition) is 0. The molecule has 0 saturated heterocycles. The second kappa shape index (κ2) is 4.21. The predicted molar refractivity (Wildman–Crippen MR) is 60.1 cm³/mol. The Labute approximate surface area is 100.0 Å². The van der Waals surface area contributed by atoms with E-state index >= 15 is 0 Å². The smallest absolute Gasteiger partial charge is 0.260 e. The maximum atomic E-state index is 12.3. The van der Waals surface area contributed by atoms with Gasteiger partial charge in [-0.25, -0.2) is 0 Å². The van der Waals surface area contributed by atoms with Crippen LogP contribution in [0, 0.1) is 18.3 Å². The van der Waals surface area contributed by atoms with Crippen LogP contribution in [0.1, 0.15) is 41.8 Å². The third kappa shape index (κ3) is 1.80. The predicted octanol–water partition coefficient (Wildman–Crippen LogP) is 1.89. The van der Waals surface area contributed by atoms with Gasteiger partial charge in [-0.1, -0.05) is 5.16 Å². The summed E-state index contributed by atoms with van der Waals surface area (Å²) in [5.41, 5.74) is -0.213. The number of amides is 1. The number of carbonyl (C=O) groups is 1. The fourth-order valence-electron chi connectivity index (χ4n) is 2.36. The van der Waals surface area contributed by atoms with Gasteiger partial charge in [0.1, 0.15) is 16.9 Å². The summed E-state index contributed by atoms with van der Waals surface area (Å²) >= 11 is 0. The molecule has 5 nitrogen and oxygen atoms in total. The molecule has 0 N–H and O–H groups in total. The minimum atomic E-state index is -0.652. The van der Waals surface area contributed by atoms with Crippen molar-refractivity contribution in [3.05, 3.63) is 17.5 Å². The van der Waals surface area contributed by atoms with Crippen LogP contribution in [0.15, 0.2) is 10.7 Å².